The summed E-state index contributed by atoms with van der Waals surface area (Å²) in [5.41, 5.74) is 2.21. The van der Waals surface area contributed by atoms with Gasteiger partial charge in [0.2, 0.25) is 0 Å². The molecule has 1 amide bonds. The molecule has 0 N–H and O–H groups in total. The summed E-state index contributed by atoms with van der Waals surface area (Å²) in [4.78, 5) is 26.1. The van der Waals surface area contributed by atoms with Gasteiger partial charge in [0.15, 0.2) is 0 Å². The third kappa shape index (κ3) is 4.51. The van der Waals surface area contributed by atoms with Crippen molar-refractivity contribution in [1.82, 2.24) is 4.90 Å². The van der Waals surface area contributed by atoms with Crippen LogP contribution in [0, 0.1) is 6.92 Å². The second-order valence-corrected chi connectivity index (χ2v) is 7.53. The van der Waals surface area contributed by atoms with E-state index in [1.165, 1.54) is 6.07 Å². The number of rotatable bonds is 4. The van der Waals surface area contributed by atoms with E-state index in [1.54, 1.807) is 17.9 Å². The molecule has 0 radical (unpaired) electrons. The molecule has 4 rings (SSSR count). The standard InChI is InChI=1S/C23H20ClNO4/c1-15-11-21(13-22(26)28-15)29-20-9-10-25(14-20)23(27)17-7-5-16(6-8-17)18-3-2-4-19(24)12-18/h2-8,11-13,20H,9-10,14H2,1H3/t20-/m1/s1. The van der Waals surface area contributed by atoms with Crippen molar-refractivity contribution in [3.63, 3.8) is 0 Å². The van der Waals surface area contributed by atoms with Gasteiger partial charge in [-0.3, -0.25) is 4.79 Å². The van der Waals surface area contributed by atoms with Crippen molar-refractivity contribution in [3.05, 3.63) is 87.4 Å². The molecule has 1 atom stereocenters. The highest BCUT2D eigenvalue weighted by Crippen LogP contribution is 2.24. The van der Waals surface area contributed by atoms with E-state index >= 15 is 0 Å². The Kier molecular flexibility index (Phi) is 5.41. The zero-order chi connectivity index (χ0) is 20.4. The van der Waals surface area contributed by atoms with Crippen LogP contribution in [0.25, 0.3) is 11.1 Å². The van der Waals surface area contributed by atoms with E-state index in [0.717, 1.165) is 11.1 Å². The Morgan fingerprint density at radius 1 is 1.10 bits per heavy atom. The number of benzene rings is 2. The second-order valence-electron chi connectivity index (χ2n) is 7.09. The maximum absolute atomic E-state index is 12.8. The lowest BCUT2D eigenvalue weighted by Crippen LogP contribution is -2.31. The number of halogens is 1. The number of hydrogen-bond donors (Lipinski definition) is 0. The topological polar surface area (TPSA) is 59.8 Å². The van der Waals surface area contributed by atoms with Crippen LogP contribution in [0.1, 0.15) is 22.5 Å². The quantitative estimate of drug-likeness (QED) is 0.633. The summed E-state index contributed by atoms with van der Waals surface area (Å²) in [5, 5.41) is 0.678. The van der Waals surface area contributed by atoms with Gasteiger partial charge in [-0.2, -0.15) is 0 Å². The average Bonchev–Trinajstić information content (AvgIpc) is 3.15. The van der Waals surface area contributed by atoms with Crippen LogP contribution in [0.2, 0.25) is 5.02 Å². The van der Waals surface area contributed by atoms with Crippen molar-refractivity contribution in [2.45, 2.75) is 19.4 Å². The largest absolute Gasteiger partial charge is 0.488 e. The van der Waals surface area contributed by atoms with Crippen LogP contribution in [0.5, 0.6) is 5.75 Å². The van der Waals surface area contributed by atoms with E-state index in [2.05, 4.69) is 0 Å². The molecule has 1 aromatic heterocycles. The molecule has 1 fully saturated rings. The maximum Gasteiger partial charge on any atom is 0.339 e. The van der Waals surface area contributed by atoms with Gasteiger partial charge in [-0.05, 0) is 42.3 Å². The Morgan fingerprint density at radius 2 is 1.90 bits per heavy atom. The molecule has 0 spiro atoms. The summed E-state index contributed by atoms with van der Waals surface area (Å²) >= 11 is 6.06. The van der Waals surface area contributed by atoms with E-state index < -0.39 is 5.63 Å². The molecule has 2 heterocycles. The van der Waals surface area contributed by atoms with E-state index in [1.807, 2.05) is 48.5 Å². The maximum atomic E-state index is 12.8. The van der Waals surface area contributed by atoms with E-state index in [9.17, 15) is 9.59 Å². The minimum absolute atomic E-state index is 0.0301. The van der Waals surface area contributed by atoms with Gasteiger partial charge in [0.05, 0.1) is 12.6 Å². The zero-order valence-electron chi connectivity index (χ0n) is 15.9. The third-order valence-corrected chi connectivity index (χ3v) is 5.13. The average molecular weight is 410 g/mol. The lowest BCUT2D eigenvalue weighted by molar-refractivity contribution is 0.0772. The summed E-state index contributed by atoms with van der Waals surface area (Å²) in [7, 11) is 0. The molecule has 148 valence electrons. The molecular formula is C23H20ClNO4. The Labute approximate surface area is 173 Å². The summed E-state index contributed by atoms with van der Waals surface area (Å²) in [6, 6.07) is 18.1. The molecule has 5 nitrogen and oxygen atoms in total. The first kappa shape index (κ1) is 19.3. The van der Waals surface area contributed by atoms with E-state index in [4.69, 9.17) is 20.8 Å². The molecule has 0 aliphatic carbocycles. The summed E-state index contributed by atoms with van der Waals surface area (Å²) < 4.78 is 10.8. The number of likely N-dealkylation sites (tertiary alicyclic amines) is 1. The predicted octanol–water partition coefficient (Wildman–Crippen LogP) is 4.56. The molecule has 0 unspecified atom stereocenters. The van der Waals surface area contributed by atoms with Gasteiger partial charge < -0.3 is 14.1 Å². The summed E-state index contributed by atoms with van der Waals surface area (Å²) in [5.74, 6) is 0.944. The fourth-order valence-electron chi connectivity index (χ4n) is 3.50. The summed E-state index contributed by atoms with van der Waals surface area (Å²) in [6.45, 7) is 2.79. The highest BCUT2D eigenvalue weighted by molar-refractivity contribution is 6.30. The van der Waals surface area contributed by atoms with Crippen molar-refractivity contribution < 1.29 is 13.9 Å². The van der Waals surface area contributed by atoms with Gasteiger partial charge in [0.1, 0.15) is 17.6 Å². The van der Waals surface area contributed by atoms with Crippen LogP contribution in [-0.4, -0.2) is 30.0 Å². The van der Waals surface area contributed by atoms with Crippen molar-refractivity contribution in [1.29, 1.82) is 0 Å². The van der Waals surface area contributed by atoms with Crippen molar-refractivity contribution in [2.24, 2.45) is 0 Å². The molecule has 3 aromatic rings. The predicted molar refractivity (Wildman–Crippen MR) is 112 cm³/mol. The molecule has 0 saturated carbocycles. The Morgan fingerprint density at radius 3 is 2.62 bits per heavy atom. The van der Waals surface area contributed by atoms with Crippen molar-refractivity contribution >= 4 is 17.5 Å². The molecule has 29 heavy (non-hydrogen) atoms. The first-order valence-electron chi connectivity index (χ1n) is 9.42. The lowest BCUT2D eigenvalue weighted by Gasteiger charge is -2.17. The van der Waals surface area contributed by atoms with Crippen LogP contribution in [0.4, 0.5) is 0 Å². The Bertz CT molecular complexity index is 1090. The second kappa shape index (κ2) is 8.13. The van der Waals surface area contributed by atoms with Crippen LogP contribution in [0.15, 0.2) is 69.9 Å². The highest BCUT2D eigenvalue weighted by atomic mass is 35.5. The lowest BCUT2D eigenvalue weighted by atomic mass is 10.0. The first-order chi connectivity index (χ1) is 14.0. The van der Waals surface area contributed by atoms with Gasteiger partial charge >= 0.3 is 5.63 Å². The van der Waals surface area contributed by atoms with Crippen molar-refractivity contribution in [2.75, 3.05) is 13.1 Å². The number of ether oxygens (including phenoxy) is 1. The minimum atomic E-state index is -0.439. The molecule has 2 aromatic carbocycles. The molecule has 1 aliphatic heterocycles. The Balaban J connectivity index is 1.41. The third-order valence-electron chi connectivity index (χ3n) is 4.89. The van der Waals surface area contributed by atoms with Crippen LogP contribution >= 0.6 is 11.6 Å². The monoisotopic (exact) mass is 409 g/mol. The van der Waals surface area contributed by atoms with Gasteiger partial charge in [0, 0.05) is 29.6 Å². The fraction of sp³-hybridized carbons (Fsp3) is 0.217. The number of carbonyl (C=O) groups is 1. The Hall–Kier alpha value is -3.05. The van der Waals surface area contributed by atoms with Crippen LogP contribution in [0.3, 0.4) is 0 Å². The molecule has 6 heteroatoms. The van der Waals surface area contributed by atoms with Gasteiger partial charge in [-0.15, -0.1) is 0 Å². The molecule has 1 saturated heterocycles. The van der Waals surface area contributed by atoms with Gasteiger partial charge in [0.25, 0.3) is 5.91 Å². The minimum Gasteiger partial charge on any atom is -0.488 e. The smallest absolute Gasteiger partial charge is 0.339 e. The van der Waals surface area contributed by atoms with E-state index in [-0.39, 0.29) is 12.0 Å². The first-order valence-corrected chi connectivity index (χ1v) is 9.79. The fourth-order valence-corrected chi connectivity index (χ4v) is 3.69. The molecule has 1 aliphatic rings. The number of amides is 1. The number of aryl methyl sites for hydroxylation is 1. The van der Waals surface area contributed by atoms with Crippen molar-refractivity contribution in [3.8, 4) is 16.9 Å². The van der Waals surface area contributed by atoms with Gasteiger partial charge in [-0.25, -0.2) is 4.79 Å². The van der Waals surface area contributed by atoms with Crippen LogP contribution in [-0.2, 0) is 0 Å². The van der Waals surface area contributed by atoms with E-state index in [0.29, 0.717) is 41.6 Å². The number of nitrogens with zero attached hydrogens (tertiary/aromatic N) is 1. The number of carbonyl (C=O) groups excluding carboxylic acids is 1. The number of hydrogen-bond acceptors (Lipinski definition) is 4. The van der Waals surface area contributed by atoms with Crippen LogP contribution < -0.4 is 10.4 Å². The normalized spacial score (nSPS) is 16.1. The molecular weight excluding hydrogens is 390 g/mol. The highest BCUT2D eigenvalue weighted by Gasteiger charge is 2.28. The zero-order valence-corrected chi connectivity index (χ0v) is 16.7. The van der Waals surface area contributed by atoms with Gasteiger partial charge in [-0.1, -0.05) is 35.9 Å². The summed E-state index contributed by atoms with van der Waals surface area (Å²) in [6.07, 6.45) is 0.567. The molecule has 0 bridgehead atoms. The SMILES string of the molecule is Cc1cc(O[C@@H]2CCN(C(=O)c3ccc(-c4cccc(Cl)c4)cc3)C2)cc(=O)o1.